The lowest BCUT2D eigenvalue weighted by molar-refractivity contribution is 0.0448. The Hall–Kier alpha value is -0.770. The van der Waals surface area contributed by atoms with Crippen molar-refractivity contribution in [3.63, 3.8) is 0 Å². The molecule has 1 amide bonds. The summed E-state index contributed by atoms with van der Waals surface area (Å²) in [6.07, 6.45) is 3.74. The van der Waals surface area contributed by atoms with Crippen molar-refractivity contribution in [2.75, 3.05) is 33.2 Å². The molecule has 1 atom stereocenters. The molecule has 8 heteroatoms. The van der Waals surface area contributed by atoms with Crippen molar-refractivity contribution in [2.24, 2.45) is 10.9 Å². The lowest BCUT2D eigenvalue weighted by Gasteiger charge is -2.36. The molecule has 1 unspecified atom stereocenters. The van der Waals surface area contributed by atoms with Crippen LogP contribution in [0.2, 0.25) is 0 Å². The van der Waals surface area contributed by atoms with Gasteiger partial charge in [-0.15, -0.1) is 24.0 Å². The van der Waals surface area contributed by atoms with Gasteiger partial charge in [-0.05, 0) is 72.8 Å². The van der Waals surface area contributed by atoms with Gasteiger partial charge in [-0.2, -0.15) is 0 Å². The van der Waals surface area contributed by atoms with Crippen molar-refractivity contribution in [1.82, 2.24) is 20.9 Å². The number of amides is 1. The lowest BCUT2D eigenvalue weighted by atomic mass is 9.93. The van der Waals surface area contributed by atoms with Gasteiger partial charge in [0.1, 0.15) is 5.60 Å². The Kier molecular flexibility index (Phi) is 13.3. The molecule has 1 saturated heterocycles. The highest BCUT2D eigenvalue weighted by molar-refractivity contribution is 14.0. The average molecular weight is 540 g/mol. The van der Waals surface area contributed by atoms with Crippen molar-refractivity contribution in [3.8, 4) is 0 Å². The zero-order valence-corrected chi connectivity index (χ0v) is 22.8. The Labute approximate surface area is 201 Å². The number of halogens is 1. The topological polar surface area (TPSA) is 78.0 Å². The van der Waals surface area contributed by atoms with Gasteiger partial charge < -0.3 is 25.6 Å². The summed E-state index contributed by atoms with van der Waals surface area (Å²) in [4.78, 5) is 19.2. The van der Waals surface area contributed by atoms with Crippen LogP contribution >= 0.6 is 24.0 Å². The fourth-order valence-corrected chi connectivity index (χ4v) is 3.69. The summed E-state index contributed by atoms with van der Waals surface area (Å²) >= 11 is 0. The van der Waals surface area contributed by atoms with E-state index in [0.29, 0.717) is 18.5 Å². The molecule has 1 rings (SSSR count). The van der Waals surface area contributed by atoms with Crippen molar-refractivity contribution >= 4 is 36.0 Å². The molecule has 0 aliphatic carbocycles. The van der Waals surface area contributed by atoms with E-state index in [1.807, 2.05) is 20.8 Å². The first-order valence-electron chi connectivity index (χ1n) is 11.2. The van der Waals surface area contributed by atoms with Gasteiger partial charge in [0.15, 0.2) is 5.96 Å². The van der Waals surface area contributed by atoms with E-state index >= 15 is 0 Å². The van der Waals surface area contributed by atoms with Crippen molar-refractivity contribution in [3.05, 3.63) is 0 Å². The van der Waals surface area contributed by atoms with E-state index in [4.69, 9.17) is 4.74 Å². The number of alkyl carbamates (subject to hydrolysis) is 1. The van der Waals surface area contributed by atoms with Gasteiger partial charge >= 0.3 is 6.09 Å². The number of rotatable bonds is 8. The van der Waals surface area contributed by atoms with Crippen LogP contribution in [0.1, 0.15) is 74.1 Å². The lowest BCUT2D eigenvalue weighted by Crippen LogP contribution is -2.57. The zero-order chi connectivity index (χ0) is 22.1. The summed E-state index contributed by atoms with van der Waals surface area (Å²) in [6, 6.07) is 0.601. The summed E-state index contributed by atoms with van der Waals surface area (Å²) in [6.45, 7) is 18.2. The summed E-state index contributed by atoms with van der Waals surface area (Å²) in [5.41, 5.74) is -0.884. The van der Waals surface area contributed by atoms with Crippen molar-refractivity contribution < 1.29 is 9.53 Å². The minimum Gasteiger partial charge on any atom is -0.444 e. The smallest absolute Gasteiger partial charge is 0.408 e. The van der Waals surface area contributed by atoms with E-state index in [1.54, 1.807) is 7.05 Å². The third-order valence-electron chi connectivity index (χ3n) is 5.78. The van der Waals surface area contributed by atoms with Gasteiger partial charge in [0.25, 0.3) is 0 Å². The first-order chi connectivity index (χ1) is 13.5. The van der Waals surface area contributed by atoms with E-state index in [1.165, 1.54) is 19.4 Å². The van der Waals surface area contributed by atoms with E-state index in [9.17, 15) is 4.79 Å². The summed E-state index contributed by atoms with van der Waals surface area (Å²) < 4.78 is 5.46. The van der Waals surface area contributed by atoms with Gasteiger partial charge in [0, 0.05) is 32.7 Å². The first-order valence-corrected chi connectivity index (χ1v) is 11.2. The first kappa shape index (κ1) is 29.2. The fraction of sp³-hybridized carbons (Fsp3) is 0.909. The number of likely N-dealkylation sites (tertiary alicyclic amines) is 1. The third kappa shape index (κ3) is 10.5. The average Bonchev–Trinajstić information content (AvgIpc) is 2.65. The highest BCUT2D eigenvalue weighted by Gasteiger charge is 2.31. The highest BCUT2D eigenvalue weighted by atomic mass is 127. The molecule has 0 aromatic heterocycles. The third-order valence-corrected chi connectivity index (χ3v) is 5.78. The van der Waals surface area contributed by atoms with Gasteiger partial charge in [-0.1, -0.05) is 13.8 Å². The molecule has 30 heavy (non-hydrogen) atoms. The van der Waals surface area contributed by atoms with Crippen LogP contribution in [0.25, 0.3) is 0 Å². The molecule has 1 heterocycles. The predicted molar refractivity (Wildman–Crippen MR) is 137 cm³/mol. The van der Waals surface area contributed by atoms with Crippen LogP contribution in [-0.4, -0.2) is 67.4 Å². The van der Waals surface area contributed by atoms with Crippen LogP contribution in [0, 0.1) is 5.92 Å². The van der Waals surface area contributed by atoms with E-state index < -0.39 is 5.60 Å². The standard InChI is InChI=1S/C22H45N5O2.HI/c1-9-22(10-2,26-20(28)29-21(5,6)7)16-25-19(23-8)24-14-18-12-11-13-27(15-18)17(3)4;/h17-18H,9-16H2,1-8H3,(H,26,28)(H2,23,24,25);1H. The summed E-state index contributed by atoms with van der Waals surface area (Å²) in [5, 5.41) is 9.96. The quantitative estimate of drug-likeness (QED) is 0.247. The molecular formula is C22H46IN5O2. The molecule has 7 nitrogen and oxygen atoms in total. The van der Waals surface area contributed by atoms with Gasteiger partial charge in [-0.3, -0.25) is 4.99 Å². The van der Waals surface area contributed by atoms with Crippen LogP contribution in [0.15, 0.2) is 4.99 Å². The fourth-order valence-electron chi connectivity index (χ4n) is 3.69. The molecule has 1 fully saturated rings. The second-order valence-electron chi connectivity index (χ2n) is 9.52. The number of ether oxygens (including phenoxy) is 1. The Balaban J connectivity index is 0.00000841. The molecule has 1 aliphatic rings. The number of guanidine groups is 1. The number of hydrogen-bond acceptors (Lipinski definition) is 4. The highest BCUT2D eigenvalue weighted by Crippen LogP contribution is 2.18. The minimum atomic E-state index is -0.508. The molecule has 0 spiro atoms. The minimum absolute atomic E-state index is 0. The number of carbonyl (C=O) groups is 1. The molecule has 178 valence electrons. The maximum Gasteiger partial charge on any atom is 0.408 e. The van der Waals surface area contributed by atoms with E-state index in [0.717, 1.165) is 31.9 Å². The molecule has 0 saturated carbocycles. The summed E-state index contributed by atoms with van der Waals surface area (Å²) in [7, 11) is 1.79. The second kappa shape index (κ2) is 13.6. The van der Waals surface area contributed by atoms with Gasteiger partial charge in [-0.25, -0.2) is 4.79 Å². The Bertz CT molecular complexity index is 530. The number of hydrogen-bond donors (Lipinski definition) is 3. The molecule has 3 N–H and O–H groups in total. The zero-order valence-electron chi connectivity index (χ0n) is 20.4. The van der Waals surface area contributed by atoms with Crippen LogP contribution in [0.5, 0.6) is 0 Å². The Morgan fingerprint density at radius 2 is 1.83 bits per heavy atom. The van der Waals surface area contributed by atoms with Crippen LogP contribution in [-0.2, 0) is 4.74 Å². The molecule has 1 aliphatic heterocycles. The van der Waals surface area contributed by atoms with Crippen LogP contribution in [0.4, 0.5) is 4.79 Å². The molecule has 0 radical (unpaired) electrons. The number of nitrogens with zero attached hydrogens (tertiary/aromatic N) is 2. The number of piperidine rings is 1. The maximum absolute atomic E-state index is 12.3. The normalized spacial score (nSPS) is 18.6. The molecule has 0 aromatic rings. The molecule has 0 aromatic carbocycles. The van der Waals surface area contributed by atoms with Crippen LogP contribution in [0.3, 0.4) is 0 Å². The predicted octanol–water partition coefficient (Wildman–Crippen LogP) is 3.97. The van der Waals surface area contributed by atoms with E-state index in [2.05, 4.69) is 53.5 Å². The molecule has 0 bridgehead atoms. The van der Waals surface area contributed by atoms with E-state index in [-0.39, 0.29) is 35.6 Å². The SMILES string of the molecule is CCC(CC)(CNC(=NC)NCC1CCCN(C(C)C)C1)NC(=O)OC(C)(C)C.I. The number of aliphatic imine (C=N–C) groups is 1. The summed E-state index contributed by atoms with van der Waals surface area (Å²) in [5.74, 6) is 1.41. The number of nitrogens with one attached hydrogen (secondary N) is 3. The number of carbonyl (C=O) groups excluding carboxylic acids is 1. The second-order valence-corrected chi connectivity index (χ2v) is 9.52. The van der Waals surface area contributed by atoms with Gasteiger partial charge in [0.2, 0.25) is 0 Å². The largest absolute Gasteiger partial charge is 0.444 e. The van der Waals surface area contributed by atoms with Crippen LogP contribution < -0.4 is 16.0 Å². The Morgan fingerprint density at radius 1 is 1.20 bits per heavy atom. The van der Waals surface area contributed by atoms with Gasteiger partial charge in [0.05, 0.1) is 5.54 Å². The van der Waals surface area contributed by atoms with Crippen molar-refractivity contribution in [2.45, 2.75) is 91.3 Å². The van der Waals surface area contributed by atoms with Crippen molar-refractivity contribution in [1.29, 1.82) is 0 Å². The maximum atomic E-state index is 12.3. The Morgan fingerprint density at radius 3 is 2.33 bits per heavy atom. The molecular weight excluding hydrogens is 493 g/mol. The monoisotopic (exact) mass is 539 g/mol.